The monoisotopic (exact) mass is 292 g/mol. The van der Waals surface area contributed by atoms with Gasteiger partial charge in [-0.1, -0.05) is 0 Å². The number of nitrogens with one attached hydrogen (secondary N) is 1. The van der Waals surface area contributed by atoms with E-state index in [1.807, 2.05) is 0 Å². The third-order valence-electron chi connectivity index (χ3n) is 3.55. The molecule has 110 valence electrons. The summed E-state index contributed by atoms with van der Waals surface area (Å²) < 4.78 is 14.2. The van der Waals surface area contributed by atoms with Crippen molar-refractivity contribution in [2.45, 2.75) is 12.5 Å². The highest BCUT2D eigenvalue weighted by molar-refractivity contribution is 5.91. The number of H-pyrrole nitrogens is 1. The van der Waals surface area contributed by atoms with Gasteiger partial charge in [-0.3, -0.25) is 4.79 Å². The maximum Gasteiger partial charge on any atom is 0.341 e. The smallest absolute Gasteiger partial charge is 0.341 e. The Morgan fingerprint density at radius 3 is 2.95 bits per heavy atom. The zero-order chi connectivity index (χ0) is 15.1. The van der Waals surface area contributed by atoms with Gasteiger partial charge in [-0.05, 0) is 12.5 Å². The molecule has 4 N–H and O–H groups in total. The van der Waals surface area contributed by atoms with Crippen molar-refractivity contribution in [1.29, 1.82) is 0 Å². The summed E-state index contributed by atoms with van der Waals surface area (Å²) in [7, 11) is 0. The molecule has 0 unspecified atom stereocenters. The van der Waals surface area contributed by atoms with Crippen LogP contribution in [0, 0.1) is 5.82 Å². The third-order valence-corrected chi connectivity index (χ3v) is 3.55. The highest BCUT2D eigenvalue weighted by atomic mass is 19.1. The van der Waals surface area contributed by atoms with Crippen LogP contribution >= 0.6 is 0 Å². The van der Waals surface area contributed by atoms with Crippen LogP contribution in [0.4, 0.5) is 10.2 Å². The summed E-state index contributed by atoms with van der Waals surface area (Å²) in [5.41, 5.74) is 4.74. The zero-order valence-corrected chi connectivity index (χ0v) is 11.0. The Kier molecular flexibility index (Phi) is 3.09. The molecule has 0 aliphatic carbocycles. The highest BCUT2D eigenvalue weighted by Gasteiger charge is 2.24. The minimum absolute atomic E-state index is 0.0321. The van der Waals surface area contributed by atoms with Crippen molar-refractivity contribution in [2.75, 3.05) is 18.0 Å². The standard InChI is InChI=1S/C13H13FN4O3/c14-9-3-7-10(19)8(13(20)21)4-16-11(7)17-12(9)18-2-1-6(15)5-18/h3-4,6H,1-2,5,15H2,(H,20,21)(H,16,17,19)/t6-/m1/s1. The van der Waals surface area contributed by atoms with Crippen LogP contribution in [0.1, 0.15) is 16.8 Å². The first-order chi connectivity index (χ1) is 9.97. The van der Waals surface area contributed by atoms with E-state index < -0.39 is 22.8 Å². The lowest BCUT2D eigenvalue weighted by Gasteiger charge is -2.17. The number of hydrogen-bond donors (Lipinski definition) is 3. The lowest BCUT2D eigenvalue weighted by molar-refractivity contribution is 0.0695. The molecule has 1 aliphatic rings. The van der Waals surface area contributed by atoms with Crippen LogP contribution in [-0.2, 0) is 0 Å². The minimum atomic E-state index is -1.37. The second-order valence-corrected chi connectivity index (χ2v) is 5.02. The Balaban J connectivity index is 2.15. The molecule has 3 heterocycles. The first kappa shape index (κ1) is 13.5. The topological polar surface area (TPSA) is 112 Å². The average Bonchev–Trinajstić information content (AvgIpc) is 2.85. The Morgan fingerprint density at radius 1 is 1.57 bits per heavy atom. The number of carboxylic acids is 1. The largest absolute Gasteiger partial charge is 0.477 e. The number of aromatic carboxylic acids is 1. The van der Waals surface area contributed by atoms with Gasteiger partial charge in [0.15, 0.2) is 11.6 Å². The van der Waals surface area contributed by atoms with Crippen LogP contribution in [0.5, 0.6) is 0 Å². The van der Waals surface area contributed by atoms with Crippen LogP contribution < -0.4 is 16.1 Å². The Labute approximate surface area is 118 Å². The normalized spacial score (nSPS) is 18.4. The Bertz CT molecular complexity index is 789. The van der Waals surface area contributed by atoms with Gasteiger partial charge >= 0.3 is 5.97 Å². The number of hydrogen-bond acceptors (Lipinski definition) is 5. The first-order valence-corrected chi connectivity index (χ1v) is 6.43. The Morgan fingerprint density at radius 2 is 2.33 bits per heavy atom. The molecule has 0 amide bonds. The molecule has 1 saturated heterocycles. The number of nitrogens with two attached hydrogens (primary N) is 1. The molecule has 0 saturated carbocycles. The molecule has 3 rings (SSSR count). The van der Waals surface area contributed by atoms with Crippen LogP contribution in [0.3, 0.4) is 0 Å². The van der Waals surface area contributed by atoms with Gasteiger partial charge < -0.3 is 20.7 Å². The van der Waals surface area contributed by atoms with E-state index in [0.717, 1.165) is 18.7 Å². The number of aromatic amines is 1. The molecule has 0 spiro atoms. The van der Waals surface area contributed by atoms with Gasteiger partial charge in [0.05, 0.1) is 5.39 Å². The third kappa shape index (κ3) is 2.23. The molecule has 2 aromatic heterocycles. The fraction of sp³-hybridized carbons (Fsp3) is 0.308. The van der Waals surface area contributed by atoms with Crippen molar-refractivity contribution < 1.29 is 14.3 Å². The number of anilines is 1. The van der Waals surface area contributed by atoms with Gasteiger partial charge in [0, 0.05) is 25.3 Å². The van der Waals surface area contributed by atoms with Gasteiger partial charge in [-0.25, -0.2) is 14.2 Å². The molecule has 7 nitrogen and oxygen atoms in total. The summed E-state index contributed by atoms with van der Waals surface area (Å²) >= 11 is 0. The highest BCUT2D eigenvalue weighted by Crippen LogP contribution is 2.23. The molecular weight excluding hydrogens is 279 g/mol. The van der Waals surface area contributed by atoms with Crippen LogP contribution in [-0.4, -0.2) is 40.2 Å². The molecule has 0 aromatic carbocycles. The van der Waals surface area contributed by atoms with Gasteiger partial charge in [-0.2, -0.15) is 0 Å². The Hall–Kier alpha value is -2.48. The van der Waals surface area contributed by atoms with Gasteiger partial charge in [0.1, 0.15) is 11.2 Å². The van der Waals surface area contributed by atoms with Crippen LogP contribution in [0.15, 0.2) is 17.1 Å². The number of fused-ring (bicyclic) bond motifs is 1. The van der Waals surface area contributed by atoms with Crippen molar-refractivity contribution in [3.63, 3.8) is 0 Å². The molecule has 2 aromatic rings. The average molecular weight is 292 g/mol. The van der Waals surface area contributed by atoms with Gasteiger partial charge in [0.25, 0.3) is 0 Å². The predicted molar refractivity (Wildman–Crippen MR) is 74.1 cm³/mol. The van der Waals surface area contributed by atoms with E-state index in [1.54, 1.807) is 4.90 Å². The summed E-state index contributed by atoms with van der Waals surface area (Å²) in [6.07, 6.45) is 1.81. The predicted octanol–water partition coefficient (Wildman–Crippen LogP) is 0.298. The first-order valence-electron chi connectivity index (χ1n) is 6.43. The van der Waals surface area contributed by atoms with Crippen molar-refractivity contribution in [2.24, 2.45) is 5.73 Å². The molecule has 0 radical (unpaired) electrons. The SMILES string of the molecule is N[C@@H]1CCN(c2nc3[nH]cc(C(=O)O)c(=O)c3cc2F)C1. The van der Waals surface area contributed by atoms with E-state index >= 15 is 0 Å². The quantitative estimate of drug-likeness (QED) is 0.733. The number of carbonyl (C=O) groups is 1. The second-order valence-electron chi connectivity index (χ2n) is 5.02. The lowest BCUT2D eigenvalue weighted by Crippen LogP contribution is -2.28. The minimum Gasteiger partial charge on any atom is -0.477 e. The number of carboxylic acid groups (broad SMARTS) is 1. The zero-order valence-electron chi connectivity index (χ0n) is 11.0. The fourth-order valence-electron chi connectivity index (χ4n) is 2.47. The maximum absolute atomic E-state index is 14.2. The van der Waals surface area contributed by atoms with Crippen molar-refractivity contribution in [3.8, 4) is 0 Å². The summed E-state index contributed by atoms with van der Waals surface area (Å²) in [5.74, 6) is -1.91. The number of pyridine rings is 2. The summed E-state index contributed by atoms with van der Waals surface area (Å²) in [6.45, 7) is 1.08. The molecule has 1 atom stereocenters. The van der Waals surface area contributed by atoms with Gasteiger partial charge in [0.2, 0.25) is 5.43 Å². The van der Waals surface area contributed by atoms with E-state index in [0.29, 0.717) is 13.1 Å². The van der Waals surface area contributed by atoms with Crippen molar-refractivity contribution in [1.82, 2.24) is 9.97 Å². The molecule has 1 fully saturated rings. The molecule has 8 heteroatoms. The van der Waals surface area contributed by atoms with Gasteiger partial charge in [-0.15, -0.1) is 0 Å². The van der Waals surface area contributed by atoms with Crippen LogP contribution in [0.25, 0.3) is 11.0 Å². The number of halogens is 1. The molecule has 1 aliphatic heterocycles. The lowest BCUT2D eigenvalue weighted by atomic mass is 10.2. The number of rotatable bonds is 2. The molecule has 0 bridgehead atoms. The van der Waals surface area contributed by atoms with Crippen molar-refractivity contribution in [3.05, 3.63) is 33.9 Å². The summed E-state index contributed by atoms with van der Waals surface area (Å²) in [4.78, 5) is 31.3. The van der Waals surface area contributed by atoms with Crippen LogP contribution in [0.2, 0.25) is 0 Å². The number of aromatic nitrogens is 2. The van der Waals surface area contributed by atoms with E-state index in [2.05, 4.69) is 9.97 Å². The molecular formula is C13H13FN4O3. The van der Waals surface area contributed by atoms with Crippen molar-refractivity contribution >= 4 is 22.8 Å². The van der Waals surface area contributed by atoms with E-state index in [1.165, 1.54) is 0 Å². The van der Waals surface area contributed by atoms with E-state index in [4.69, 9.17) is 10.8 Å². The molecule has 21 heavy (non-hydrogen) atoms. The van der Waals surface area contributed by atoms with E-state index in [-0.39, 0.29) is 22.9 Å². The van der Waals surface area contributed by atoms with E-state index in [9.17, 15) is 14.0 Å². The summed E-state index contributed by atoms with van der Waals surface area (Å²) in [5, 5.41) is 8.81. The maximum atomic E-state index is 14.2. The number of nitrogens with zero attached hydrogens (tertiary/aromatic N) is 2. The second kappa shape index (κ2) is 4.81. The fourth-order valence-corrected chi connectivity index (χ4v) is 2.47. The summed E-state index contributed by atoms with van der Waals surface area (Å²) in [6, 6.07) is 0.989.